The van der Waals surface area contributed by atoms with Gasteiger partial charge in [-0.25, -0.2) is 9.18 Å². The Bertz CT molecular complexity index is 710. The molecule has 0 heterocycles. The van der Waals surface area contributed by atoms with Crippen molar-refractivity contribution in [2.75, 3.05) is 0 Å². The molecule has 0 aliphatic carbocycles. The molecule has 22 heavy (non-hydrogen) atoms. The molecular weight excluding hydrogens is 289 g/mol. The van der Waals surface area contributed by atoms with Crippen molar-refractivity contribution in [1.29, 1.82) is 0 Å². The van der Waals surface area contributed by atoms with Gasteiger partial charge in [0.25, 0.3) is 5.69 Å². The SMILES string of the molecule is CC(C)(OC(=O)c1ccc([N+](=O)[O-])cc1)c1cccc(F)c1. The van der Waals surface area contributed by atoms with E-state index in [0.29, 0.717) is 5.56 Å². The molecule has 0 aliphatic rings. The first-order valence-electron chi connectivity index (χ1n) is 6.53. The Morgan fingerprint density at radius 1 is 1.18 bits per heavy atom. The quantitative estimate of drug-likeness (QED) is 0.489. The second kappa shape index (κ2) is 5.93. The van der Waals surface area contributed by atoms with E-state index in [0.717, 1.165) is 0 Å². The largest absolute Gasteiger partial charge is 0.451 e. The Labute approximate surface area is 126 Å². The number of halogens is 1. The molecule has 2 aromatic carbocycles. The number of non-ortho nitro benzene ring substituents is 1. The normalized spacial score (nSPS) is 11.0. The number of hydrogen-bond acceptors (Lipinski definition) is 4. The van der Waals surface area contributed by atoms with Crippen LogP contribution in [0.5, 0.6) is 0 Å². The Balaban J connectivity index is 2.18. The molecular formula is C16H14FNO4. The first kappa shape index (κ1) is 15.6. The molecule has 2 rings (SSSR count). The molecule has 0 unspecified atom stereocenters. The van der Waals surface area contributed by atoms with Crippen LogP contribution in [0, 0.1) is 15.9 Å². The average Bonchev–Trinajstić information content (AvgIpc) is 2.47. The summed E-state index contributed by atoms with van der Waals surface area (Å²) in [6.45, 7) is 3.29. The average molecular weight is 303 g/mol. The number of benzene rings is 2. The maximum atomic E-state index is 13.3. The number of carbonyl (C=O) groups is 1. The minimum Gasteiger partial charge on any atom is -0.451 e. The Morgan fingerprint density at radius 2 is 1.82 bits per heavy atom. The molecule has 0 saturated heterocycles. The van der Waals surface area contributed by atoms with Crippen molar-refractivity contribution < 1.29 is 18.8 Å². The van der Waals surface area contributed by atoms with Gasteiger partial charge < -0.3 is 4.74 Å². The summed E-state index contributed by atoms with van der Waals surface area (Å²) in [5.41, 5.74) is -0.431. The second-order valence-electron chi connectivity index (χ2n) is 5.21. The van der Waals surface area contributed by atoms with Crippen molar-refractivity contribution in [1.82, 2.24) is 0 Å². The molecule has 0 bridgehead atoms. The van der Waals surface area contributed by atoms with Crippen molar-refractivity contribution in [3.63, 3.8) is 0 Å². The lowest BCUT2D eigenvalue weighted by Crippen LogP contribution is -2.25. The highest BCUT2D eigenvalue weighted by atomic mass is 19.1. The molecule has 0 radical (unpaired) electrons. The van der Waals surface area contributed by atoms with Gasteiger partial charge in [0, 0.05) is 12.1 Å². The van der Waals surface area contributed by atoms with Crippen LogP contribution in [0.4, 0.5) is 10.1 Å². The van der Waals surface area contributed by atoms with Crippen LogP contribution in [0.25, 0.3) is 0 Å². The van der Waals surface area contributed by atoms with Gasteiger partial charge in [0.1, 0.15) is 11.4 Å². The highest BCUT2D eigenvalue weighted by Crippen LogP contribution is 2.26. The molecule has 5 nitrogen and oxygen atoms in total. The van der Waals surface area contributed by atoms with Gasteiger partial charge in [0.2, 0.25) is 0 Å². The van der Waals surface area contributed by atoms with Gasteiger partial charge in [-0.1, -0.05) is 12.1 Å². The molecule has 0 aliphatic heterocycles. The van der Waals surface area contributed by atoms with Crippen LogP contribution < -0.4 is 0 Å². The van der Waals surface area contributed by atoms with Crippen molar-refractivity contribution in [2.45, 2.75) is 19.4 Å². The first-order valence-corrected chi connectivity index (χ1v) is 6.53. The molecule has 2 aromatic rings. The predicted octanol–water partition coefficient (Wildman–Crippen LogP) is 3.83. The fourth-order valence-corrected chi connectivity index (χ4v) is 1.93. The number of hydrogen-bond donors (Lipinski definition) is 0. The summed E-state index contributed by atoms with van der Waals surface area (Å²) < 4.78 is 18.7. The fourth-order valence-electron chi connectivity index (χ4n) is 1.93. The summed E-state index contributed by atoms with van der Waals surface area (Å²) in [7, 11) is 0. The lowest BCUT2D eigenvalue weighted by atomic mass is 9.98. The third kappa shape index (κ3) is 3.46. The van der Waals surface area contributed by atoms with Crippen LogP contribution in [0.2, 0.25) is 0 Å². The maximum absolute atomic E-state index is 13.3. The Morgan fingerprint density at radius 3 is 2.36 bits per heavy atom. The minimum absolute atomic E-state index is 0.110. The molecule has 6 heteroatoms. The zero-order valence-electron chi connectivity index (χ0n) is 12.1. The summed E-state index contributed by atoms with van der Waals surface area (Å²) in [6, 6.07) is 10.9. The van der Waals surface area contributed by atoms with Gasteiger partial charge in [-0.15, -0.1) is 0 Å². The van der Waals surface area contributed by atoms with E-state index in [9.17, 15) is 19.3 Å². The van der Waals surface area contributed by atoms with E-state index in [-0.39, 0.29) is 11.3 Å². The zero-order valence-corrected chi connectivity index (χ0v) is 12.1. The van der Waals surface area contributed by atoms with Gasteiger partial charge in [0.15, 0.2) is 0 Å². The van der Waals surface area contributed by atoms with Crippen LogP contribution in [0.15, 0.2) is 48.5 Å². The molecule has 0 N–H and O–H groups in total. The highest BCUT2D eigenvalue weighted by Gasteiger charge is 2.26. The van der Waals surface area contributed by atoms with E-state index in [4.69, 9.17) is 4.74 Å². The smallest absolute Gasteiger partial charge is 0.339 e. The van der Waals surface area contributed by atoms with E-state index in [2.05, 4.69) is 0 Å². The maximum Gasteiger partial charge on any atom is 0.339 e. The van der Waals surface area contributed by atoms with Crippen LogP contribution in [0.3, 0.4) is 0 Å². The number of ether oxygens (including phenoxy) is 1. The predicted molar refractivity (Wildman–Crippen MR) is 77.9 cm³/mol. The second-order valence-corrected chi connectivity index (χ2v) is 5.21. The minimum atomic E-state index is -1.03. The fraction of sp³-hybridized carbons (Fsp3) is 0.188. The number of carbonyl (C=O) groups excluding carboxylic acids is 1. The molecule has 0 amide bonds. The van der Waals surface area contributed by atoms with E-state index in [1.165, 1.54) is 42.5 Å². The molecule has 0 atom stereocenters. The topological polar surface area (TPSA) is 69.4 Å². The number of nitro groups is 1. The van der Waals surface area contributed by atoms with E-state index in [1.807, 2.05) is 0 Å². The van der Waals surface area contributed by atoms with E-state index < -0.39 is 22.3 Å². The van der Waals surface area contributed by atoms with Crippen LogP contribution in [-0.4, -0.2) is 10.9 Å². The molecule has 114 valence electrons. The lowest BCUT2D eigenvalue weighted by molar-refractivity contribution is -0.384. The van der Waals surface area contributed by atoms with Crippen molar-refractivity contribution in [2.24, 2.45) is 0 Å². The summed E-state index contributed by atoms with van der Waals surface area (Å²) in [5.74, 6) is -1.05. The van der Waals surface area contributed by atoms with Gasteiger partial charge in [0.05, 0.1) is 10.5 Å². The number of esters is 1. The van der Waals surface area contributed by atoms with Gasteiger partial charge in [-0.3, -0.25) is 10.1 Å². The molecule has 0 spiro atoms. The number of rotatable bonds is 4. The summed E-state index contributed by atoms with van der Waals surface area (Å²) in [6.07, 6.45) is 0. The number of nitro benzene ring substituents is 1. The van der Waals surface area contributed by atoms with Gasteiger partial charge in [-0.2, -0.15) is 0 Å². The summed E-state index contributed by atoms with van der Waals surface area (Å²) in [4.78, 5) is 22.1. The van der Waals surface area contributed by atoms with Crippen LogP contribution >= 0.6 is 0 Å². The van der Waals surface area contributed by atoms with Gasteiger partial charge >= 0.3 is 5.97 Å². The molecule has 0 saturated carbocycles. The third-order valence-electron chi connectivity index (χ3n) is 3.18. The van der Waals surface area contributed by atoms with Crippen LogP contribution in [0.1, 0.15) is 29.8 Å². The molecule has 0 aromatic heterocycles. The van der Waals surface area contributed by atoms with Crippen molar-refractivity contribution in [3.8, 4) is 0 Å². The standard InChI is InChI=1S/C16H14FNO4/c1-16(2,12-4-3-5-13(17)10-12)22-15(19)11-6-8-14(9-7-11)18(20)21/h3-10H,1-2H3. The zero-order chi connectivity index (χ0) is 16.3. The van der Waals surface area contributed by atoms with Crippen molar-refractivity contribution in [3.05, 3.63) is 75.6 Å². The van der Waals surface area contributed by atoms with Crippen LogP contribution in [-0.2, 0) is 10.3 Å². The highest BCUT2D eigenvalue weighted by molar-refractivity contribution is 5.90. The lowest BCUT2D eigenvalue weighted by Gasteiger charge is -2.25. The van der Waals surface area contributed by atoms with Crippen molar-refractivity contribution >= 4 is 11.7 Å². The van der Waals surface area contributed by atoms with E-state index in [1.54, 1.807) is 19.9 Å². The monoisotopic (exact) mass is 303 g/mol. The Kier molecular flexibility index (Phi) is 4.21. The summed E-state index contributed by atoms with van der Waals surface area (Å²) >= 11 is 0. The molecule has 0 fully saturated rings. The first-order chi connectivity index (χ1) is 10.3. The van der Waals surface area contributed by atoms with E-state index >= 15 is 0 Å². The number of nitrogens with zero attached hydrogens (tertiary/aromatic N) is 1. The Hall–Kier alpha value is -2.76. The van der Waals surface area contributed by atoms with Gasteiger partial charge in [-0.05, 0) is 43.7 Å². The third-order valence-corrected chi connectivity index (χ3v) is 3.18. The summed E-state index contributed by atoms with van der Waals surface area (Å²) in [5, 5.41) is 10.6.